The average Bonchev–Trinajstić information content (AvgIpc) is 3.15. The van der Waals surface area contributed by atoms with Gasteiger partial charge in [-0.2, -0.15) is 0 Å². The molecule has 3 aromatic rings. The van der Waals surface area contributed by atoms with E-state index in [2.05, 4.69) is 27.8 Å². The van der Waals surface area contributed by atoms with Crippen LogP contribution in [0.3, 0.4) is 0 Å². The largest absolute Gasteiger partial charge is 0.338 e. The molecule has 5 nitrogen and oxygen atoms in total. The molecular weight excluding hydrogens is 498 g/mol. The predicted octanol–water partition coefficient (Wildman–Crippen LogP) is 6.74. The first-order chi connectivity index (χ1) is 17.4. The van der Waals surface area contributed by atoms with Crippen molar-refractivity contribution in [3.8, 4) is 0 Å². The lowest BCUT2D eigenvalue weighted by atomic mass is 9.74. The molecule has 2 aliphatic heterocycles. The molecule has 2 heterocycles. The molecule has 5 rings (SSSR count). The number of likely N-dealkylation sites (tertiary alicyclic amines) is 1. The van der Waals surface area contributed by atoms with Gasteiger partial charge in [0.25, 0.3) is 0 Å². The van der Waals surface area contributed by atoms with Gasteiger partial charge in [-0.25, -0.2) is 14.6 Å². The van der Waals surface area contributed by atoms with Crippen LogP contribution < -0.4 is 15.8 Å². The quantitative estimate of drug-likeness (QED) is 0.388. The maximum atomic E-state index is 14.3. The number of piperidine rings is 1. The molecule has 8 heteroatoms. The fourth-order valence-corrected chi connectivity index (χ4v) is 5.31. The highest BCUT2D eigenvalue weighted by Crippen LogP contribution is 2.46. The van der Waals surface area contributed by atoms with E-state index in [1.54, 1.807) is 36.4 Å². The molecule has 0 atom stereocenters. The molecule has 1 saturated heterocycles. The molecule has 0 aliphatic carbocycles. The molecule has 0 radical (unpaired) electrons. The topological polar surface area (TPSA) is 47.6 Å². The molecule has 0 unspecified atom stereocenters. The molecule has 2 amide bonds. The van der Waals surface area contributed by atoms with Crippen molar-refractivity contribution in [2.45, 2.75) is 18.3 Å². The van der Waals surface area contributed by atoms with Crippen molar-refractivity contribution in [3.05, 3.63) is 99.8 Å². The van der Waals surface area contributed by atoms with Gasteiger partial charge < -0.3 is 5.32 Å². The summed E-state index contributed by atoms with van der Waals surface area (Å²) >= 11 is 11.9. The Balaban J connectivity index is 1.23. The highest BCUT2D eigenvalue weighted by Gasteiger charge is 2.45. The fraction of sp³-hybridized carbons (Fsp3) is 0.250. The third-order valence-electron chi connectivity index (χ3n) is 6.98. The first-order valence-corrected chi connectivity index (χ1v) is 12.7. The van der Waals surface area contributed by atoms with E-state index >= 15 is 0 Å². The number of urea groups is 1. The standard InChI is InChI=1S/C28H27Cl2FN4O/c29-21-5-3-20(4-6-21)2-1-15-34-16-13-28(14-17-34)19-35(26-12-9-23(31)18-25(26)28)33-27(36)32-24-10-7-22(30)8-11-24/h1-12,18H,13-17,19H2,(H2,32,33,36). The monoisotopic (exact) mass is 524 g/mol. The van der Waals surface area contributed by atoms with Crippen LogP contribution in [0.1, 0.15) is 24.0 Å². The Labute approximate surface area is 220 Å². The first-order valence-electron chi connectivity index (χ1n) is 12.0. The van der Waals surface area contributed by atoms with Crippen LogP contribution in [-0.2, 0) is 5.41 Å². The van der Waals surface area contributed by atoms with Crippen LogP contribution in [0, 0.1) is 5.82 Å². The van der Waals surface area contributed by atoms with Crippen molar-refractivity contribution in [1.82, 2.24) is 10.3 Å². The lowest BCUT2D eigenvalue weighted by Crippen LogP contribution is -2.49. The second-order valence-corrected chi connectivity index (χ2v) is 10.2. The number of amides is 2. The van der Waals surface area contributed by atoms with Crippen LogP contribution >= 0.6 is 23.2 Å². The molecular formula is C28H27Cl2FN4O. The average molecular weight is 525 g/mol. The predicted molar refractivity (Wildman–Crippen MR) is 145 cm³/mol. The molecule has 1 fully saturated rings. The summed E-state index contributed by atoms with van der Waals surface area (Å²) in [5.74, 6) is -0.256. The third-order valence-corrected chi connectivity index (χ3v) is 7.48. The number of hydrogen-bond donors (Lipinski definition) is 2. The van der Waals surface area contributed by atoms with E-state index in [-0.39, 0.29) is 17.3 Å². The number of fused-ring (bicyclic) bond motifs is 2. The van der Waals surface area contributed by atoms with Crippen LogP contribution in [0.5, 0.6) is 0 Å². The van der Waals surface area contributed by atoms with E-state index in [0.29, 0.717) is 17.3 Å². The van der Waals surface area contributed by atoms with E-state index in [4.69, 9.17) is 23.2 Å². The number of halogens is 3. The third kappa shape index (κ3) is 5.51. The van der Waals surface area contributed by atoms with Gasteiger partial charge in [0.15, 0.2) is 0 Å². The zero-order valence-corrected chi connectivity index (χ0v) is 21.2. The number of anilines is 2. The van der Waals surface area contributed by atoms with E-state index in [1.807, 2.05) is 29.3 Å². The summed E-state index contributed by atoms with van der Waals surface area (Å²) in [6, 6.07) is 19.2. The molecule has 2 N–H and O–H groups in total. The maximum Gasteiger partial charge on any atom is 0.338 e. The Bertz CT molecular complexity index is 1260. The van der Waals surface area contributed by atoms with Gasteiger partial charge >= 0.3 is 6.03 Å². The second-order valence-electron chi connectivity index (χ2n) is 9.36. The fourth-order valence-electron chi connectivity index (χ4n) is 5.06. The molecule has 36 heavy (non-hydrogen) atoms. The highest BCUT2D eigenvalue weighted by atomic mass is 35.5. The van der Waals surface area contributed by atoms with Crippen molar-refractivity contribution in [1.29, 1.82) is 0 Å². The molecule has 0 saturated carbocycles. The summed E-state index contributed by atoms with van der Waals surface area (Å²) in [5.41, 5.74) is 6.31. The Morgan fingerprint density at radius 2 is 1.64 bits per heavy atom. The van der Waals surface area contributed by atoms with Gasteiger partial charge in [0.1, 0.15) is 5.82 Å². The van der Waals surface area contributed by atoms with Gasteiger partial charge in [-0.1, -0.05) is 47.5 Å². The number of carbonyl (C=O) groups is 1. The normalized spacial score (nSPS) is 16.9. The summed E-state index contributed by atoms with van der Waals surface area (Å²) in [6.07, 6.45) is 6.04. The van der Waals surface area contributed by atoms with Crippen molar-refractivity contribution in [3.63, 3.8) is 0 Å². The number of carbonyl (C=O) groups excluding carboxylic acids is 1. The number of nitrogens with one attached hydrogen (secondary N) is 2. The van der Waals surface area contributed by atoms with Crippen LogP contribution in [0.2, 0.25) is 10.0 Å². The van der Waals surface area contributed by atoms with E-state index in [1.165, 1.54) is 6.07 Å². The Hall–Kier alpha value is -3.06. The van der Waals surface area contributed by atoms with Gasteiger partial charge in [0.05, 0.1) is 5.69 Å². The highest BCUT2D eigenvalue weighted by molar-refractivity contribution is 6.30. The minimum absolute atomic E-state index is 0.207. The number of benzene rings is 3. The maximum absolute atomic E-state index is 14.3. The SMILES string of the molecule is O=C(Nc1ccc(Cl)cc1)NN1CC2(CCN(CC=Cc3ccc(Cl)cc3)CC2)c2cc(F)ccc21. The molecule has 1 spiro atoms. The number of rotatable bonds is 5. The minimum atomic E-state index is -0.352. The van der Waals surface area contributed by atoms with Crippen molar-refractivity contribution in [2.24, 2.45) is 0 Å². The van der Waals surface area contributed by atoms with Gasteiger partial charge in [0, 0.05) is 34.2 Å². The lowest BCUT2D eigenvalue weighted by Gasteiger charge is -2.39. The Kier molecular flexibility index (Phi) is 7.19. The Morgan fingerprint density at radius 3 is 2.33 bits per heavy atom. The lowest BCUT2D eigenvalue weighted by molar-refractivity contribution is 0.179. The Morgan fingerprint density at radius 1 is 0.972 bits per heavy atom. The van der Waals surface area contributed by atoms with Crippen LogP contribution in [0.4, 0.5) is 20.6 Å². The van der Waals surface area contributed by atoms with Crippen molar-refractivity contribution >= 4 is 46.7 Å². The smallest absolute Gasteiger partial charge is 0.307 e. The zero-order valence-electron chi connectivity index (χ0n) is 19.7. The number of nitrogens with zero attached hydrogens (tertiary/aromatic N) is 2. The van der Waals surface area contributed by atoms with Crippen molar-refractivity contribution in [2.75, 3.05) is 36.5 Å². The summed E-state index contributed by atoms with van der Waals surface area (Å²) < 4.78 is 14.3. The van der Waals surface area contributed by atoms with Gasteiger partial charge in [-0.05, 0) is 91.7 Å². The van der Waals surface area contributed by atoms with E-state index in [0.717, 1.165) is 54.3 Å². The van der Waals surface area contributed by atoms with Crippen LogP contribution in [-0.4, -0.2) is 37.1 Å². The van der Waals surface area contributed by atoms with Gasteiger partial charge in [-0.3, -0.25) is 9.91 Å². The van der Waals surface area contributed by atoms with Crippen molar-refractivity contribution < 1.29 is 9.18 Å². The zero-order chi connectivity index (χ0) is 25.1. The van der Waals surface area contributed by atoms with Crippen LogP contribution in [0.25, 0.3) is 6.08 Å². The second kappa shape index (κ2) is 10.5. The molecule has 0 aromatic heterocycles. The molecule has 2 aliphatic rings. The summed E-state index contributed by atoms with van der Waals surface area (Å²) in [6.45, 7) is 3.24. The molecule has 3 aromatic carbocycles. The van der Waals surface area contributed by atoms with Gasteiger partial charge in [0.2, 0.25) is 0 Å². The van der Waals surface area contributed by atoms with E-state index in [9.17, 15) is 9.18 Å². The number of hydrazine groups is 1. The molecule has 0 bridgehead atoms. The summed E-state index contributed by atoms with van der Waals surface area (Å²) in [4.78, 5) is 15.1. The minimum Gasteiger partial charge on any atom is -0.307 e. The van der Waals surface area contributed by atoms with E-state index < -0.39 is 0 Å². The van der Waals surface area contributed by atoms with Crippen LogP contribution in [0.15, 0.2) is 72.8 Å². The summed E-state index contributed by atoms with van der Waals surface area (Å²) in [7, 11) is 0. The van der Waals surface area contributed by atoms with Gasteiger partial charge in [-0.15, -0.1) is 0 Å². The molecule has 186 valence electrons. The summed E-state index contributed by atoms with van der Waals surface area (Å²) in [5, 5.41) is 6.00. The number of hydrogen-bond acceptors (Lipinski definition) is 3. The first kappa shape index (κ1) is 24.6.